The molecule has 1 atom stereocenters. The number of carbonyl (C=O) groups excluding carboxylic acids is 1. The molecule has 0 aromatic carbocycles. The van der Waals surface area contributed by atoms with Crippen molar-refractivity contribution in [3.63, 3.8) is 0 Å². The predicted octanol–water partition coefficient (Wildman–Crippen LogP) is -0.784. The molecule has 4 nitrogen and oxygen atoms in total. The van der Waals surface area contributed by atoms with Gasteiger partial charge in [-0.05, 0) is 0 Å². The lowest BCUT2D eigenvalue weighted by Gasteiger charge is -1.81. The third-order valence-corrected chi connectivity index (χ3v) is 2.09. The van der Waals surface area contributed by atoms with Crippen molar-refractivity contribution in [1.82, 2.24) is 0 Å². The van der Waals surface area contributed by atoms with Crippen LogP contribution in [0.4, 0.5) is 0 Å². The Morgan fingerprint density at radius 1 is 1.62 bits per heavy atom. The van der Waals surface area contributed by atoms with Gasteiger partial charge < -0.3 is 0 Å². The highest BCUT2D eigenvalue weighted by atomic mass is 32.2. The molecular weight excluding hydrogens is 132 g/mol. The number of carbonyl (C=O) groups is 1. The fourth-order valence-electron chi connectivity index (χ4n) is 0.395. The minimum Gasteiger partial charge on any atom is -0.298 e. The lowest BCUT2D eigenvalue weighted by molar-refractivity contribution is -0.109. The first-order valence-electron chi connectivity index (χ1n) is 2.01. The van der Waals surface area contributed by atoms with E-state index in [2.05, 4.69) is 0 Å². The second kappa shape index (κ2) is 1.29. The van der Waals surface area contributed by atoms with Crippen LogP contribution in [0.15, 0.2) is 0 Å². The second-order valence-electron chi connectivity index (χ2n) is 1.67. The molecule has 0 amide bonds. The number of rotatable bonds is 1. The molecule has 1 fully saturated rings. The quantitative estimate of drug-likeness (QED) is 0.480. The predicted molar refractivity (Wildman–Crippen MR) is 25.0 cm³/mol. The Balaban J connectivity index is 2.80. The molecule has 1 unspecified atom stereocenters. The van der Waals surface area contributed by atoms with Crippen molar-refractivity contribution < 1.29 is 17.8 Å². The van der Waals surface area contributed by atoms with Crippen molar-refractivity contribution in [3.8, 4) is 0 Å². The van der Waals surface area contributed by atoms with E-state index in [1.54, 1.807) is 0 Å². The van der Waals surface area contributed by atoms with Crippen LogP contribution in [0.5, 0.6) is 0 Å². The van der Waals surface area contributed by atoms with Crippen LogP contribution >= 0.6 is 0 Å². The first kappa shape index (κ1) is 5.71. The van der Waals surface area contributed by atoms with Crippen LogP contribution in [0, 0.1) is 0 Å². The van der Waals surface area contributed by atoms with Gasteiger partial charge in [-0.3, -0.25) is 9.35 Å². The molecule has 1 aliphatic rings. The number of hydrogen-bond acceptors (Lipinski definition) is 3. The van der Waals surface area contributed by atoms with E-state index in [0.717, 1.165) is 0 Å². The molecule has 1 saturated carbocycles. The molecule has 1 N–H and O–H groups in total. The molecule has 1 aliphatic carbocycles. The van der Waals surface area contributed by atoms with Gasteiger partial charge in [0.2, 0.25) is 0 Å². The Labute approximate surface area is 46.3 Å². The van der Waals surface area contributed by atoms with E-state index < -0.39 is 21.2 Å². The van der Waals surface area contributed by atoms with Gasteiger partial charge in [-0.15, -0.1) is 0 Å². The van der Waals surface area contributed by atoms with Crippen molar-refractivity contribution in [3.05, 3.63) is 0 Å². The SMILES string of the molecule is O=C1CC1S(=O)(=O)O. The maximum Gasteiger partial charge on any atom is 0.275 e. The highest BCUT2D eigenvalue weighted by Crippen LogP contribution is 2.21. The zero-order valence-electron chi connectivity index (χ0n) is 3.86. The lowest BCUT2D eigenvalue weighted by atomic mass is 10.9. The summed E-state index contributed by atoms with van der Waals surface area (Å²) >= 11 is 0. The highest BCUT2D eigenvalue weighted by Gasteiger charge is 2.45. The topological polar surface area (TPSA) is 71.4 Å². The molecule has 0 aliphatic heterocycles. The summed E-state index contributed by atoms with van der Waals surface area (Å²) in [5.74, 6) is -0.396. The molecule has 0 radical (unpaired) electrons. The van der Waals surface area contributed by atoms with E-state index in [0.29, 0.717) is 0 Å². The minimum atomic E-state index is -4.03. The van der Waals surface area contributed by atoms with Gasteiger partial charge in [0.1, 0.15) is 0 Å². The number of ketones is 1. The molecular formula is C3H4O4S. The van der Waals surface area contributed by atoms with E-state index in [4.69, 9.17) is 4.55 Å². The van der Waals surface area contributed by atoms with E-state index in [-0.39, 0.29) is 6.42 Å². The van der Waals surface area contributed by atoms with Crippen molar-refractivity contribution in [2.24, 2.45) is 0 Å². The lowest BCUT2D eigenvalue weighted by Crippen LogP contribution is -2.05. The van der Waals surface area contributed by atoms with Crippen LogP contribution in [-0.2, 0) is 14.9 Å². The van der Waals surface area contributed by atoms with Gasteiger partial charge in [0.15, 0.2) is 11.0 Å². The van der Waals surface area contributed by atoms with Crippen molar-refractivity contribution in [1.29, 1.82) is 0 Å². The Bertz CT molecular complexity index is 213. The zero-order valence-corrected chi connectivity index (χ0v) is 4.68. The molecule has 8 heavy (non-hydrogen) atoms. The van der Waals surface area contributed by atoms with Crippen LogP contribution in [-0.4, -0.2) is 24.0 Å². The number of Topliss-reactive ketones (excluding diaryl/α,β-unsaturated/α-hetero) is 1. The van der Waals surface area contributed by atoms with E-state index in [1.165, 1.54) is 0 Å². The monoisotopic (exact) mass is 136 g/mol. The van der Waals surface area contributed by atoms with Gasteiger partial charge >= 0.3 is 0 Å². The van der Waals surface area contributed by atoms with Crippen molar-refractivity contribution in [2.75, 3.05) is 0 Å². The van der Waals surface area contributed by atoms with Crippen LogP contribution in [0.25, 0.3) is 0 Å². The first-order valence-corrected chi connectivity index (χ1v) is 3.51. The van der Waals surface area contributed by atoms with Gasteiger partial charge in [-0.2, -0.15) is 8.42 Å². The minimum absolute atomic E-state index is 0.0150. The Kier molecular flexibility index (Phi) is 0.924. The molecule has 0 aromatic heterocycles. The molecule has 46 valence electrons. The largest absolute Gasteiger partial charge is 0.298 e. The molecule has 0 heterocycles. The summed E-state index contributed by atoms with van der Waals surface area (Å²) in [5, 5.41) is -1.09. The molecule has 0 spiro atoms. The summed E-state index contributed by atoms with van der Waals surface area (Å²) in [6.07, 6.45) is -0.0150. The van der Waals surface area contributed by atoms with Crippen LogP contribution in [0.3, 0.4) is 0 Å². The van der Waals surface area contributed by atoms with Crippen molar-refractivity contribution >= 4 is 15.9 Å². The van der Waals surface area contributed by atoms with Crippen LogP contribution < -0.4 is 0 Å². The van der Waals surface area contributed by atoms with Gasteiger partial charge in [0.05, 0.1) is 0 Å². The van der Waals surface area contributed by atoms with Gasteiger partial charge in [-0.25, -0.2) is 0 Å². The van der Waals surface area contributed by atoms with E-state index >= 15 is 0 Å². The first-order chi connectivity index (χ1) is 3.52. The summed E-state index contributed by atoms with van der Waals surface area (Å²) < 4.78 is 28.0. The third kappa shape index (κ3) is 0.873. The fraction of sp³-hybridized carbons (Fsp3) is 0.667. The molecule has 0 saturated heterocycles. The molecule has 5 heteroatoms. The zero-order chi connectivity index (χ0) is 6.36. The van der Waals surface area contributed by atoms with E-state index in [1.807, 2.05) is 0 Å². The average Bonchev–Trinajstić information content (AvgIpc) is 2.13. The van der Waals surface area contributed by atoms with E-state index in [9.17, 15) is 13.2 Å². The molecule has 0 bridgehead atoms. The number of hydrogen-bond donors (Lipinski definition) is 1. The highest BCUT2D eigenvalue weighted by molar-refractivity contribution is 7.87. The normalized spacial score (nSPS) is 28.1. The Morgan fingerprint density at radius 2 is 2.00 bits per heavy atom. The Morgan fingerprint density at radius 3 is 2.00 bits per heavy atom. The summed E-state index contributed by atoms with van der Waals surface area (Å²) in [6, 6.07) is 0. The molecule has 1 rings (SSSR count). The average molecular weight is 136 g/mol. The summed E-state index contributed by atoms with van der Waals surface area (Å²) in [4.78, 5) is 9.99. The van der Waals surface area contributed by atoms with Gasteiger partial charge in [-0.1, -0.05) is 0 Å². The maximum absolute atomic E-state index is 9.99. The Hall–Kier alpha value is -0.420. The smallest absolute Gasteiger partial charge is 0.275 e. The summed E-state index contributed by atoms with van der Waals surface area (Å²) in [6.45, 7) is 0. The summed E-state index contributed by atoms with van der Waals surface area (Å²) in [5.41, 5.74) is 0. The maximum atomic E-state index is 9.99. The second-order valence-corrected chi connectivity index (χ2v) is 3.27. The fourth-order valence-corrected chi connectivity index (χ4v) is 1.10. The van der Waals surface area contributed by atoms with Crippen LogP contribution in [0.2, 0.25) is 0 Å². The van der Waals surface area contributed by atoms with Gasteiger partial charge in [0.25, 0.3) is 10.1 Å². The summed E-state index contributed by atoms with van der Waals surface area (Å²) in [7, 11) is -4.03. The third-order valence-electron chi connectivity index (χ3n) is 0.945. The standard InChI is InChI=1S/C3H4O4S/c4-2-1-3(2)8(5,6)7/h3H,1H2,(H,5,6,7). The van der Waals surface area contributed by atoms with Gasteiger partial charge in [0, 0.05) is 6.42 Å². The van der Waals surface area contributed by atoms with Crippen molar-refractivity contribution in [2.45, 2.75) is 11.7 Å². The van der Waals surface area contributed by atoms with Crippen LogP contribution in [0.1, 0.15) is 6.42 Å². The molecule has 0 aromatic rings.